The van der Waals surface area contributed by atoms with Gasteiger partial charge in [-0.25, -0.2) is 0 Å². The molecule has 0 bridgehead atoms. The maximum absolute atomic E-state index is 9.90. The topological polar surface area (TPSA) is 38.7 Å². The molecule has 2 atom stereocenters. The summed E-state index contributed by atoms with van der Waals surface area (Å²) in [5, 5.41) is 9.90. The zero-order chi connectivity index (χ0) is 16.5. The van der Waals surface area contributed by atoms with E-state index in [2.05, 4.69) is 26.0 Å². The predicted octanol–water partition coefficient (Wildman–Crippen LogP) is 4.75. The molecule has 1 aliphatic carbocycles. The number of allylic oxidation sites excluding steroid dienone is 3. The molecular weight excluding hydrogens is 288 g/mol. The second-order valence-electron chi connectivity index (χ2n) is 7.21. The van der Waals surface area contributed by atoms with Gasteiger partial charge < -0.3 is 14.6 Å². The van der Waals surface area contributed by atoms with Crippen molar-refractivity contribution < 1.29 is 14.6 Å². The zero-order valence-electron chi connectivity index (χ0n) is 14.9. The van der Waals surface area contributed by atoms with E-state index < -0.39 is 0 Å². The number of aliphatic hydroxyl groups excluding tert-OH is 1. The van der Waals surface area contributed by atoms with E-state index in [0.29, 0.717) is 12.5 Å². The van der Waals surface area contributed by atoms with Gasteiger partial charge in [-0.15, -0.1) is 0 Å². The molecule has 0 aromatic rings. The van der Waals surface area contributed by atoms with Gasteiger partial charge in [0.15, 0.2) is 6.29 Å². The largest absolute Gasteiger partial charge is 0.393 e. The lowest BCUT2D eigenvalue weighted by Gasteiger charge is -2.22. The van der Waals surface area contributed by atoms with E-state index in [9.17, 15) is 5.11 Å². The Bertz CT molecular complexity index is 390. The van der Waals surface area contributed by atoms with E-state index in [0.717, 1.165) is 45.1 Å². The summed E-state index contributed by atoms with van der Waals surface area (Å²) in [5.74, 6) is 0.598. The maximum atomic E-state index is 9.90. The first-order chi connectivity index (χ1) is 11.1. The predicted molar refractivity (Wildman–Crippen MR) is 94.3 cm³/mol. The van der Waals surface area contributed by atoms with E-state index in [1.165, 1.54) is 30.4 Å². The van der Waals surface area contributed by atoms with E-state index in [1.54, 1.807) is 0 Å². The van der Waals surface area contributed by atoms with Crippen LogP contribution >= 0.6 is 0 Å². The standard InChI is InChI=1S/C20H34O3/c1-16(9-12-19(21)18-10-11-18)6-5-7-17(2)13-15-23-20-8-3-4-14-22-20/h6,13,18-21H,3-5,7-12,14-15H2,1-2H3/b16-6+,17-13+. The smallest absolute Gasteiger partial charge is 0.157 e. The molecular formula is C20H34O3. The summed E-state index contributed by atoms with van der Waals surface area (Å²) in [6, 6.07) is 0. The Morgan fingerprint density at radius 3 is 2.61 bits per heavy atom. The molecule has 3 nitrogen and oxygen atoms in total. The van der Waals surface area contributed by atoms with Crippen molar-refractivity contribution in [1.82, 2.24) is 0 Å². The maximum Gasteiger partial charge on any atom is 0.157 e. The van der Waals surface area contributed by atoms with E-state index in [-0.39, 0.29) is 12.4 Å². The molecule has 0 spiro atoms. The van der Waals surface area contributed by atoms with Crippen LogP contribution in [0.25, 0.3) is 0 Å². The van der Waals surface area contributed by atoms with Gasteiger partial charge in [0.1, 0.15) is 0 Å². The molecule has 0 aromatic heterocycles. The third-order valence-corrected chi connectivity index (χ3v) is 4.88. The monoisotopic (exact) mass is 322 g/mol. The van der Waals surface area contributed by atoms with E-state index in [4.69, 9.17) is 9.47 Å². The van der Waals surface area contributed by atoms with Crippen LogP contribution in [-0.4, -0.2) is 30.7 Å². The van der Waals surface area contributed by atoms with Crippen molar-refractivity contribution in [3.05, 3.63) is 23.3 Å². The molecule has 1 saturated carbocycles. The van der Waals surface area contributed by atoms with Gasteiger partial charge in [0, 0.05) is 6.61 Å². The van der Waals surface area contributed by atoms with Gasteiger partial charge in [0.2, 0.25) is 0 Å². The molecule has 2 rings (SSSR count). The highest BCUT2D eigenvalue weighted by atomic mass is 16.7. The van der Waals surface area contributed by atoms with Gasteiger partial charge in [-0.2, -0.15) is 0 Å². The summed E-state index contributed by atoms with van der Waals surface area (Å²) in [6.07, 6.45) is 14.4. The zero-order valence-corrected chi connectivity index (χ0v) is 14.9. The number of hydrogen-bond donors (Lipinski definition) is 1. The molecule has 0 radical (unpaired) electrons. The minimum atomic E-state index is -0.0702. The van der Waals surface area contributed by atoms with Crippen LogP contribution in [0.2, 0.25) is 0 Å². The Morgan fingerprint density at radius 1 is 1.13 bits per heavy atom. The molecule has 0 aromatic carbocycles. The molecule has 1 heterocycles. The van der Waals surface area contributed by atoms with Crippen LogP contribution in [0.3, 0.4) is 0 Å². The van der Waals surface area contributed by atoms with Crippen molar-refractivity contribution in [3.63, 3.8) is 0 Å². The molecule has 1 saturated heterocycles. The fraction of sp³-hybridized carbons (Fsp3) is 0.800. The van der Waals surface area contributed by atoms with Crippen molar-refractivity contribution >= 4 is 0 Å². The highest BCUT2D eigenvalue weighted by Gasteiger charge is 2.28. The normalized spacial score (nSPS) is 24.7. The summed E-state index contributed by atoms with van der Waals surface area (Å²) in [7, 11) is 0. The highest BCUT2D eigenvalue weighted by Crippen LogP contribution is 2.34. The molecule has 2 aliphatic rings. The number of hydrogen-bond acceptors (Lipinski definition) is 3. The van der Waals surface area contributed by atoms with Crippen molar-refractivity contribution in [2.45, 2.75) is 84.0 Å². The SMILES string of the molecule is C/C(=C\COC1CCCCO1)CC/C=C(\C)CCC(O)C1CC1. The summed E-state index contributed by atoms with van der Waals surface area (Å²) in [5.41, 5.74) is 2.78. The molecule has 0 amide bonds. The lowest BCUT2D eigenvalue weighted by Crippen LogP contribution is -2.22. The Labute approximate surface area is 141 Å². The summed E-state index contributed by atoms with van der Waals surface area (Å²) in [6.45, 7) is 5.85. The van der Waals surface area contributed by atoms with E-state index in [1.807, 2.05) is 0 Å². The van der Waals surface area contributed by atoms with Crippen molar-refractivity contribution in [1.29, 1.82) is 0 Å². The van der Waals surface area contributed by atoms with Crippen LogP contribution in [0, 0.1) is 5.92 Å². The first kappa shape index (κ1) is 18.7. The van der Waals surface area contributed by atoms with Crippen molar-refractivity contribution in [2.24, 2.45) is 5.92 Å². The van der Waals surface area contributed by atoms with Gasteiger partial charge in [0.05, 0.1) is 12.7 Å². The van der Waals surface area contributed by atoms with Crippen LogP contribution in [0.15, 0.2) is 23.3 Å². The van der Waals surface area contributed by atoms with Crippen molar-refractivity contribution in [3.8, 4) is 0 Å². The summed E-state index contributed by atoms with van der Waals surface area (Å²) in [4.78, 5) is 0. The lowest BCUT2D eigenvalue weighted by atomic mass is 10.0. The molecule has 132 valence electrons. The second-order valence-corrected chi connectivity index (χ2v) is 7.21. The Morgan fingerprint density at radius 2 is 1.91 bits per heavy atom. The minimum Gasteiger partial charge on any atom is -0.393 e. The lowest BCUT2D eigenvalue weighted by molar-refractivity contribution is -0.155. The van der Waals surface area contributed by atoms with Crippen molar-refractivity contribution in [2.75, 3.05) is 13.2 Å². The quantitative estimate of drug-likeness (QED) is 0.590. The molecule has 23 heavy (non-hydrogen) atoms. The van der Waals surface area contributed by atoms with Crippen LogP contribution in [-0.2, 0) is 9.47 Å². The fourth-order valence-electron chi connectivity index (χ4n) is 2.98. The fourth-order valence-corrected chi connectivity index (χ4v) is 2.98. The van der Waals surface area contributed by atoms with Crippen LogP contribution in [0.1, 0.15) is 71.6 Å². The first-order valence-electron chi connectivity index (χ1n) is 9.37. The van der Waals surface area contributed by atoms with Crippen LogP contribution in [0.5, 0.6) is 0 Å². The first-order valence-corrected chi connectivity index (χ1v) is 9.37. The summed E-state index contributed by atoms with van der Waals surface area (Å²) >= 11 is 0. The Balaban J connectivity index is 1.54. The molecule has 2 fully saturated rings. The number of ether oxygens (including phenoxy) is 2. The third kappa shape index (κ3) is 8.14. The molecule has 2 unspecified atom stereocenters. The minimum absolute atomic E-state index is 0.00725. The Kier molecular flexibility index (Phi) is 8.35. The van der Waals surface area contributed by atoms with Gasteiger partial charge in [0.25, 0.3) is 0 Å². The van der Waals surface area contributed by atoms with Gasteiger partial charge >= 0.3 is 0 Å². The number of rotatable bonds is 10. The summed E-state index contributed by atoms with van der Waals surface area (Å²) < 4.78 is 11.3. The van der Waals surface area contributed by atoms with Crippen LogP contribution < -0.4 is 0 Å². The van der Waals surface area contributed by atoms with Crippen LogP contribution in [0.4, 0.5) is 0 Å². The average molecular weight is 322 g/mol. The second kappa shape index (κ2) is 10.3. The molecule has 1 aliphatic heterocycles. The molecule has 3 heteroatoms. The molecule has 1 N–H and O–H groups in total. The highest BCUT2D eigenvalue weighted by molar-refractivity contribution is 5.04. The number of aliphatic hydroxyl groups is 1. The van der Waals surface area contributed by atoms with E-state index >= 15 is 0 Å². The average Bonchev–Trinajstić information content (AvgIpc) is 3.38. The van der Waals surface area contributed by atoms with Gasteiger partial charge in [-0.3, -0.25) is 0 Å². The third-order valence-electron chi connectivity index (χ3n) is 4.88. The Hall–Kier alpha value is -0.640. The van der Waals surface area contributed by atoms with Gasteiger partial charge in [-0.1, -0.05) is 23.3 Å². The van der Waals surface area contributed by atoms with Gasteiger partial charge in [-0.05, 0) is 77.6 Å².